The van der Waals surface area contributed by atoms with E-state index in [0.29, 0.717) is 32.2 Å². The SMILES string of the molecule is CN(C)C(=O)c1coc(N2CCCN(C(=O)OC(C)(C)C)CC2)n1. The Morgan fingerprint density at radius 2 is 1.92 bits per heavy atom. The number of carbonyl (C=O) groups is 2. The summed E-state index contributed by atoms with van der Waals surface area (Å²) in [7, 11) is 3.34. The predicted octanol–water partition coefficient (Wildman–Crippen LogP) is 1.82. The molecule has 2 amide bonds. The number of amides is 2. The van der Waals surface area contributed by atoms with Crippen LogP contribution in [0.25, 0.3) is 0 Å². The molecule has 1 aliphatic heterocycles. The van der Waals surface area contributed by atoms with Crippen LogP contribution in [-0.2, 0) is 4.74 Å². The summed E-state index contributed by atoms with van der Waals surface area (Å²) in [6, 6.07) is 0.409. The number of hydrogen-bond donors (Lipinski definition) is 0. The fourth-order valence-electron chi connectivity index (χ4n) is 2.35. The molecule has 24 heavy (non-hydrogen) atoms. The van der Waals surface area contributed by atoms with Crippen LogP contribution in [0.15, 0.2) is 10.7 Å². The van der Waals surface area contributed by atoms with E-state index in [2.05, 4.69) is 4.98 Å². The summed E-state index contributed by atoms with van der Waals surface area (Å²) >= 11 is 0. The molecular formula is C16H26N4O4. The fourth-order valence-corrected chi connectivity index (χ4v) is 2.35. The monoisotopic (exact) mass is 338 g/mol. The summed E-state index contributed by atoms with van der Waals surface area (Å²) in [5.74, 6) is -0.199. The van der Waals surface area contributed by atoms with Gasteiger partial charge in [-0.1, -0.05) is 0 Å². The Morgan fingerprint density at radius 1 is 1.21 bits per heavy atom. The first-order valence-electron chi connectivity index (χ1n) is 8.07. The summed E-state index contributed by atoms with van der Waals surface area (Å²) in [6.45, 7) is 7.98. The minimum Gasteiger partial charge on any atom is -0.444 e. The topological polar surface area (TPSA) is 79.1 Å². The molecule has 0 N–H and O–H groups in total. The third-order valence-corrected chi connectivity index (χ3v) is 3.54. The van der Waals surface area contributed by atoms with E-state index in [9.17, 15) is 9.59 Å². The highest BCUT2D eigenvalue weighted by Crippen LogP contribution is 2.18. The minimum absolute atomic E-state index is 0.199. The lowest BCUT2D eigenvalue weighted by atomic mass is 10.2. The summed E-state index contributed by atoms with van der Waals surface area (Å²) in [5.41, 5.74) is -0.226. The van der Waals surface area contributed by atoms with E-state index in [1.165, 1.54) is 11.2 Å². The van der Waals surface area contributed by atoms with Crippen LogP contribution in [0, 0.1) is 0 Å². The Morgan fingerprint density at radius 3 is 2.54 bits per heavy atom. The van der Waals surface area contributed by atoms with Crippen LogP contribution in [-0.4, -0.2) is 72.7 Å². The maximum atomic E-state index is 12.2. The van der Waals surface area contributed by atoms with E-state index in [4.69, 9.17) is 9.15 Å². The number of rotatable bonds is 2. The Hall–Kier alpha value is -2.25. The van der Waals surface area contributed by atoms with Gasteiger partial charge in [-0.15, -0.1) is 0 Å². The van der Waals surface area contributed by atoms with Gasteiger partial charge in [0.2, 0.25) is 0 Å². The van der Waals surface area contributed by atoms with Crippen molar-refractivity contribution in [1.29, 1.82) is 0 Å². The van der Waals surface area contributed by atoms with E-state index in [-0.39, 0.29) is 17.7 Å². The van der Waals surface area contributed by atoms with Crippen LogP contribution in [0.3, 0.4) is 0 Å². The second-order valence-electron chi connectivity index (χ2n) is 7.02. The van der Waals surface area contributed by atoms with Crippen LogP contribution >= 0.6 is 0 Å². The first-order chi connectivity index (χ1) is 11.2. The highest BCUT2D eigenvalue weighted by atomic mass is 16.6. The van der Waals surface area contributed by atoms with Gasteiger partial charge in [0.1, 0.15) is 11.9 Å². The molecule has 1 aliphatic rings. The molecule has 1 fully saturated rings. The second-order valence-corrected chi connectivity index (χ2v) is 7.02. The molecule has 0 unspecified atom stereocenters. The molecule has 0 spiro atoms. The number of hydrogen-bond acceptors (Lipinski definition) is 6. The number of nitrogens with zero attached hydrogens (tertiary/aromatic N) is 4. The molecule has 0 aromatic carbocycles. The van der Waals surface area contributed by atoms with Gasteiger partial charge < -0.3 is 23.9 Å². The van der Waals surface area contributed by atoms with E-state index in [0.717, 1.165) is 6.42 Å². The molecule has 0 saturated carbocycles. The Kier molecular flexibility index (Phi) is 5.36. The van der Waals surface area contributed by atoms with Gasteiger partial charge in [-0.25, -0.2) is 4.79 Å². The third-order valence-electron chi connectivity index (χ3n) is 3.54. The van der Waals surface area contributed by atoms with E-state index < -0.39 is 5.60 Å². The smallest absolute Gasteiger partial charge is 0.410 e. The standard InChI is InChI=1S/C16H26N4O4/c1-16(2,3)24-15(22)20-8-6-7-19(9-10-20)14-17-12(11-23-14)13(21)18(4)5/h11H,6-10H2,1-5H3. The van der Waals surface area contributed by atoms with Crippen LogP contribution in [0.5, 0.6) is 0 Å². The Balaban J connectivity index is 1.98. The van der Waals surface area contributed by atoms with E-state index in [1.54, 1.807) is 19.0 Å². The lowest BCUT2D eigenvalue weighted by Gasteiger charge is -2.26. The van der Waals surface area contributed by atoms with Crippen molar-refractivity contribution in [3.8, 4) is 0 Å². The fraction of sp³-hybridized carbons (Fsp3) is 0.688. The molecule has 1 aromatic heterocycles. The lowest BCUT2D eigenvalue weighted by Crippen LogP contribution is -2.39. The molecule has 0 bridgehead atoms. The minimum atomic E-state index is -0.507. The number of ether oxygens (including phenoxy) is 1. The normalized spacial score (nSPS) is 15.9. The molecular weight excluding hydrogens is 312 g/mol. The van der Waals surface area contributed by atoms with Crippen molar-refractivity contribution in [3.63, 3.8) is 0 Å². The number of carbonyl (C=O) groups excluding carboxylic acids is 2. The van der Waals surface area contributed by atoms with Crippen molar-refractivity contribution in [1.82, 2.24) is 14.8 Å². The average molecular weight is 338 g/mol. The maximum Gasteiger partial charge on any atom is 0.410 e. The maximum absolute atomic E-state index is 12.2. The summed E-state index contributed by atoms with van der Waals surface area (Å²) in [5, 5.41) is 0. The first kappa shape index (κ1) is 18.1. The van der Waals surface area contributed by atoms with Crippen molar-refractivity contribution in [2.24, 2.45) is 0 Å². The molecule has 8 heteroatoms. The predicted molar refractivity (Wildman–Crippen MR) is 89.2 cm³/mol. The van der Waals surface area contributed by atoms with Crippen molar-refractivity contribution in [2.75, 3.05) is 45.2 Å². The average Bonchev–Trinajstić information content (AvgIpc) is 2.82. The van der Waals surface area contributed by atoms with Gasteiger partial charge in [0.15, 0.2) is 5.69 Å². The zero-order valence-electron chi connectivity index (χ0n) is 15.0. The van der Waals surface area contributed by atoms with Gasteiger partial charge in [-0.05, 0) is 27.2 Å². The quantitative estimate of drug-likeness (QED) is 0.818. The molecule has 0 atom stereocenters. The molecule has 0 aliphatic carbocycles. The molecule has 2 rings (SSSR count). The Bertz CT molecular complexity index is 591. The van der Waals surface area contributed by atoms with Crippen molar-refractivity contribution in [3.05, 3.63) is 12.0 Å². The van der Waals surface area contributed by atoms with Crippen molar-refractivity contribution < 1.29 is 18.7 Å². The molecule has 8 nitrogen and oxygen atoms in total. The van der Waals surface area contributed by atoms with Gasteiger partial charge in [0, 0.05) is 40.3 Å². The molecule has 2 heterocycles. The molecule has 1 aromatic rings. The first-order valence-corrected chi connectivity index (χ1v) is 8.07. The summed E-state index contributed by atoms with van der Waals surface area (Å²) in [6.07, 6.45) is 1.84. The van der Waals surface area contributed by atoms with Gasteiger partial charge in [0.05, 0.1) is 0 Å². The van der Waals surface area contributed by atoms with Crippen LogP contribution in [0.2, 0.25) is 0 Å². The zero-order chi connectivity index (χ0) is 17.9. The van der Waals surface area contributed by atoms with E-state index >= 15 is 0 Å². The summed E-state index contributed by atoms with van der Waals surface area (Å²) in [4.78, 5) is 33.4. The van der Waals surface area contributed by atoms with Crippen LogP contribution < -0.4 is 4.90 Å². The van der Waals surface area contributed by atoms with E-state index in [1.807, 2.05) is 25.7 Å². The second kappa shape index (κ2) is 7.11. The van der Waals surface area contributed by atoms with Crippen LogP contribution in [0.4, 0.5) is 10.8 Å². The third kappa shape index (κ3) is 4.62. The highest BCUT2D eigenvalue weighted by molar-refractivity contribution is 5.91. The van der Waals surface area contributed by atoms with Crippen molar-refractivity contribution >= 4 is 18.0 Å². The van der Waals surface area contributed by atoms with Gasteiger partial charge >= 0.3 is 6.09 Å². The largest absolute Gasteiger partial charge is 0.444 e. The van der Waals surface area contributed by atoms with Gasteiger partial charge in [-0.2, -0.15) is 4.98 Å². The molecule has 1 saturated heterocycles. The van der Waals surface area contributed by atoms with Gasteiger partial charge in [0.25, 0.3) is 11.9 Å². The number of oxazole rings is 1. The molecule has 134 valence electrons. The Labute approximate surface area is 142 Å². The zero-order valence-corrected chi connectivity index (χ0v) is 15.0. The highest BCUT2D eigenvalue weighted by Gasteiger charge is 2.26. The lowest BCUT2D eigenvalue weighted by molar-refractivity contribution is 0.0263. The number of anilines is 1. The summed E-state index contributed by atoms with van der Waals surface area (Å²) < 4.78 is 10.9. The van der Waals surface area contributed by atoms with Gasteiger partial charge in [-0.3, -0.25) is 4.79 Å². The number of aromatic nitrogens is 1. The molecule has 0 radical (unpaired) electrons. The van der Waals surface area contributed by atoms with Crippen molar-refractivity contribution in [2.45, 2.75) is 32.8 Å². The van der Waals surface area contributed by atoms with Crippen LogP contribution in [0.1, 0.15) is 37.7 Å².